The number of para-hydroxylation sites is 1. The lowest BCUT2D eigenvalue weighted by Crippen LogP contribution is -2.04. The van der Waals surface area contributed by atoms with Crippen molar-refractivity contribution < 1.29 is 9.47 Å². The number of ether oxygens (including phenoxy) is 2. The summed E-state index contributed by atoms with van der Waals surface area (Å²) in [4.78, 5) is 4.53. The first kappa shape index (κ1) is 18.3. The van der Waals surface area contributed by atoms with Crippen LogP contribution < -0.4 is 15.2 Å². The Labute approximate surface area is 158 Å². The molecule has 0 saturated heterocycles. The Morgan fingerprint density at radius 1 is 1.04 bits per heavy atom. The van der Waals surface area contributed by atoms with Crippen LogP contribution >= 0.6 is 11.3 Å². The zero-order valence-electron chi connectivity index (χ0n) is 15.1. The van der Waals surface area contributed by atoms with Crippen molar-refractivity contribution >= 4 is 16.5 Å². The molecular formula is C21H24N2O2S. The van der Waals surface area contributed by atoms with E-state index < -0.39 is 0 Å². The molecular weight excluding hydrogens is 344 g/mol. The van der Waals surface area contributed by atoms with Gasteiger partial charge in [0, 0.05) is 11.3 Å². The minimum atomic E-state index is 0.226. The molecule has 0 spiro atoms. The van der Waals surface area contributed by atoms with E-state index in [1.165, 1.54) is 22.5 Å². The summed E-state index contributed by atoms with van der Waals surface area (Å²) in [6, 6.07) is 16.4. The summed E-state index contributed by atoms with van der Waals surface area (Å²) in [5, 5.41) is 2.68. The van der Waals surface area contributed by atoms with Crippen LogP contribution in [-0.2, 0) is 6.42 Å². The van der Waals surface area contributed by atoms with Crippen LogP contribution in [0.15, 0.2) is 53.9 Å². The minimum Gasteiger partial charge on any atom is -0.497 e. The van der Waals surface area contributed by atoms with Crippen molar-refractivity contribution in [3.63, 3.8) is 0 Å². The van der Waals surface area contributed by atoms with Crippen LogP contribution in [0, 0.1) is 0 Å². The summed E-state index contributed by atoms with van der Waals surface area (Å²) in [6.45, 7) is 0. The van der Waals surface area contributed by atoms with Crippen LogP contribution in [0.2, 0.25) is 0 Å². The van der Waals surface area contributed by atoms with Crippen LogP contribution in [0.3, 0.4) is 0 Å². The van der Waals surface area contributed by atoms with Gasteiger partial charge in [-0.05, 0) is 48.6 Å². The SMILES string of the molecule is COc1ccc(C(CCCc2ccccc2OC)c2csc(N)n2)cc1. The zero-order chi connectivity index (χ0) is 18.4. The van der Waals surface area contributed by atoms with Gasteiger partial charge in [0.1, 0.15) is 11.5 Å². The van der Waals surface area contributed by atoms with Crippen LogP contribution in [0.25, 0.3) is 0 Å². The summed E-state index contributed by atoms with van der Waals surface area (Å²) in [6.07, 6.45) is 3.00. The summed E-state index contributed by atoms with van der Waals surface area (Å²) >= 11 is 1.49. The molecule has 3 aromatic rings. The topological polar surface area (TPSA) is 57.4 Å². The first-order valence-corrected chi connectivity index (χ1v) is 9.56. The van der Waals surface area contributed by atoms with Gasteiger partial charge >= 0.3 is 0 Å². The first-order chi connectivity index (χ1) is 12.7. The molecule has 1 atom stereocenters. The Morgan fingerprint density at radius 3 is 2.46 bits per heavy atom. The van der Waals surface area contributed by atoms with E-state index in [0.29, 0.717) is 5.13 Å². The van der Waals surface area contributed by atoms with Gasteiger partial charge in [-0.2, -0.15) is 0 Å². The number of benzene rings is 2. The third-order valence-corrected chi connectivity index (χ3v) is 5.24. The molecule has 0 aliphatic carbocycles. The van der Waals surface area contributed by atoms with Gasteiger partial charge in [-0.25, -0.2) is 4.98 Å². The van der Waals surface area contributed by atoms with Crippen molar-refractivity contribution in [3.8, 4) is 11.5 Å². The highest BCUT2D eigenvalue weighted by Crippen LogP contribution is 2.33. The van der Waals surface area contributed by atoms with Gasteiger partial charge in [0.2, 0.25) is 0 Å². The Bertz CT molecular complexity index is 830. The fraction of sp³-hybridized carbons (Fsp3) is 0.286. The zero-order valence-corrected chi connectivity index (χ0v) is 16.0. The average molecular weight is 369 g/mol. The molecule has 0 radical (unpaired) electrons. The van der Waals surface area contributed by atoms with Gasteiger partial charge in [0.05, 0.1) is 19.9 Å². The van der Waals surface area contributed by atoms with Gasteiger partial charge in [-0.15, -0.1) is 11.3 Å². The fourth-order valence-electron chi connectivity index (χ4n) is 3.19. The highest BCUT2D eigenvalue weighted by molar-refractivity contribution is 7.13. The number of anilines is 1. The number of thiazole rings is 1. The third-order valence-electron chi connectivity index (χ3n) is 4.55. The normalized spacial score (nSPS) is 11.9. The monoisotopic (exact) mass is 368 g/mol. The molecule has 26 heavy (non-hydrogen) atoms. The molecule has 0 fully saturated rings. The van der Waals surface area contributed by atoms with E-state index in [1.807, 2.05) is 24.3 Å². The molecule has 1 aromatic heterocycles. The lowest BCUT2D eigenvalue weighted by atomic mass is 9.90. The van der Waals surface area contributed by atoms with E-state index in [9.17, 15) is 0 Å². The Balaban J connectivity index is 1.75. The van der Waals surface area contributed by atoms with Crippen molar-refractivity contribution in [2.75, 3.05) is 20.0 Å². The predicted molar refractivity (Wildman–Crippen MR) is 107 cm³/mol. The van der Waals surface area contributed by atoms with Crippen LogP contribution in [0.1, 0.15) is 35.6 Å². The average Bonchev–Trinajstić information content (AvgIpc) is 3.11. The quantitative estimate of drug-likeness (QED) is 0.614. The first-order valence-electron chi connectivity index (χ1n) is 8.68. The second-order valence-electron chi connectivity index (χ2n) is 6.14. The van der Waals surface area contributed by atoms with Gasteiger partial charge < -0.3 is 15.2 Å². The van der Waals surface area contributed by atoms with E-state index >= 15 is 0 Å². The van der Waals surface area contributed by atoms with Crippen molar-refractivity contribution in [3.05, 3.63) is 70.7 Å². The maximum Gasteiger partial charge on any atom is 0.180 e. The lowest BCUT2D eigenvalue weighted by molar-refractivity contribution is 0.408. The maximum absolute atomic E-state index is 5.87. The molecule has 4 nitrogen and oxygen atoms in total. The van der Waals surface area contributed by atoms with Crippen molar-refractivity contribution in [1.29, 1.82) is 0 Å². The minimum absolute atomic E-state index is 0.226. The second-order valence-corrected chi connectivity index (χ2v) is 7.03. The molecule has 136 valence electrons. The molecule has 1 heterocycles. The van der Waals surface area contributed by atoms with Gasteiger partial charge in [0.25, 0.3) is 0 Å². The predicted octanol–water partition coefficient (Wildman–Crippen LogP) is 4.90. The summed E-state index contributed by atoms with van der Waals surface area (Å²) < 4.78 is 10.7. The number of hydrogen-bond acceptors (Lipinski definition) is 5. The van der Waals surface area contributed by atoms with Gasteiger partial charge in [0.15, 0.2) is 5.13 Å². The highest BCUT2D eigenvalue weighted by Gasteiger charge is 2.17. The number of aryl methyl sites for hydroxylation is 1. The van der Waals surface area contributed by atoms with E-state index in [-0.39, 0.29) is 5.92 Å². The maximum atomic E-state index is 5.87. The highest BCUT2D eigenvalue weighted by atomic mass is 32.1. The van der Waals surface area contributed by atoms with Gasteiger partial charge in [-0.3, -0.25) is 0 Å². The molecule has 0 aliphatic heterocycles. The number of aromatic nitrogens is 1. The smallest absolute Gasteiger partial charge is 0.180 e. The molecule has 0 amide bonds. The number of nitrogens with zero attached hydrogens (tertiary/aromatic N) is 1. The lowest BCUT2D eigenvalue weighted by Gasteiger charge is -2.16. The number of hydrogen-bond donors (Lipinski definition) is 1. The fourth-order valence-corrected chi connectivity index (χ4v) is 3.80. The van der Waals surface area contributed by atoms with E-state index in [2.05, 4.69) is 34.6 Å². The summed E-state index contributed by atoms with van der Waals surface area (Å²) in [7, 11) is 3.40. The van der Waals surface area contributed by atoms with Crippen molar-refractivity contribution in [1.82, 2.24) is 4.98 Å². The molecule has 0 aliphatic rings. The third kappa shape index (κ3) is 4.35. The largest absolute Gasteiger partial charge is 0.497 e. The van der Waals surface area contributed by atoms with E-state index in [1.54, 1.807) is 14.2 Å². The number of rotatable bonds is 8. The summed E-state index contributed by atoms with van der Waals surface area (Å²) in [5.41, 5.74) is 9.38. The molecule has 1 unspecified atom stereocenters. The van der Waals surface area contributed by atoms with Gasteiger partial charge in [-0.1, -0.05) is 30.3 Å². The standard InChI is InChI=1S/C21H24N2O2S/c1-24-17-12-10-15(11-13-17)18(19-14-26-21(22)23-19)8-5-7-16-6-3-4-9-20(16)25-2/h3-4,6,9-14,18H,5,7-8H2,1-2H3,(H2,22,23). The number of methoxy groups -OCH3 is 2. The van der Waals surface area contributed by atoms with E-state index in [0.717, 1.165) is 36.5 Å². The Morgan fingerprint density at radius 2 is 1.81 bits per heavy atom. The van der Waals surface area contributed by atoms with Crippen LogP contribution in [0.4, 0.5) is 5.13 Å². The Hall–Kier alpha value is -2.53. The van der Waals surface area contributed by atoms with Crippen molar-refractivity contribution in [2.24, 2.45) is 0 Å². The molecule has 2 N–H and O–H groups in total. The number of nitrogens with two attached hydrogens (primary N) is 1. The molecule has 2 aromatic carbocycles. The molecule has 3 rings (SSSR count). The van der Waals surface area contributed by atoms with Crippen LogP contribution in [0.5, 0.6) is 11.5 Å². The second kappa shape index (κ2) is 8.72. The molecule has 0 saturated carbocycles. The van der Waals surface area contributed by atoms with E-state index in [4.69, 9.17) is 15.2 Å². The number of nitrogen functional groups attached to an aromatic ring is 1. The van der Waals surface area contributed by atoms with Crippen molar-refractivity contribution in [2.45, 2.75) is 25.2 Å². The molecule has 5 heteroatoms. The Kier molecular flexibility index (Phi) is 6.12. The summed E-state index contributed by atoms with van der Waals surface area (Å²) in [5.74, 6) is 2.04. The van der Waals surface area contributed by atoms with Crippen LogP contribution in [-0.4, -0.2) is 19.2 Å². The molecule has 0 bridgehead atoms.